The summed E-state index contributed by atoms with van der Waals surface area (Å²) in [5.41, 5.74) is 3.61. The van der Waals surface area contributed by atoms with Crippen molar-refractivity contribution in [2.45, 2.75) is 6.92 Å². The maximum atomic E-state index is 12.0. The van der Waals surface area contributed by atoms with Gasteiger partial charge in [-0.25, -0.2) is 5.43 Å². The lowest BCUT2D eigenvalue weighted by molar-refractivity contribution is -0.132. The molecule has 7 heteroatoms. The summed E-state index contributed by atoms with van der Waals surface area (Å²) in [5.74, 6) is -0.0525. The van der Waals surface area contributed by atoms with Gasteiger partial charge in [-0.05, 0) is 51.8 Å². The molecule has 2 aromatic rings. The number of hydrogen-bond donors (Lipinski definition) is 1. The molecule has 0 aliphatic carbocycles. The van der Waals surface area contributed by atoms with Gasteiger partial charge in [0.15, 0.2) is 11.5 Å². The van der Waals surface area contributed by atoms with Crippen LogP contribution in [0.3, 0.4) is 0 Å². The first kappa shape index (κ1) is 17.7. The first-order valence-electron chi connectivity index (χ1n) is 6.95. The Morgan fingerprint density at radius 3 is 2.58 bits per heavy atom. The maximum Gasteiger partial charge on any atom is 0.308 e. The van der Waals surface area contributed by atoms with Gasteiger partial charge in [0.2, 0.25) is 0 Å². The van der Waals surface area contributed by atoms with Gasteiger partial charge in [0.1, 0.15) is 0 Å². The number of carbonyl (C=O) groups is 2. The van der Waals surface area contributed by atoms with Gasteiger partial charge in [-0.15, -0.1) is 0 Å². The van der Waals surface area contributed by atoms with Gasteiger partial charge in [0, 0.05) is 11.4 Å². The quantitative estimate of drug-likeness (QED) is 0.368. The Labute approximate surface area is 147 Å². The molecule has 0 saturated carbocycles. The van der Waals surface area contributed by atoms with Crippen LogP contribution >= 0.6 is 15.9 Å². The molecule has 2 rings (SSSR count). The Bertz CT molecular complexity index is 790. The first-order valence-corrected chi connectivity index (χ1v) is 7.75. The predicted octanol–water partition coefficient (Wildman–Crippen LogP) is 3.15. The van der Waals surface area contributed by atoms with Crippen molar-refractivity contribution in [1.82, 2.24) is 5.43 Å². The fourth-order valence-corrected chi connectivity index (χ4v) is 2.34. The predicted molar refractivity (Wildman–Crippen MR) is 93.5 cm³/mol. The molecule has 0 aliphatic heterocycles. The second-order valence-electron chi connectivity index (χ2n) is 4.68. The molecule has 0 fully saturated rings. The number of hydrazone groups is 1. The summed E-state index contributed by atoms with van der Waals surface area (Å²) >= 11 is 3.31. The molecular formula is C17H15BrN2O4. The summed E-state index contributed by atoms with van der Waals surface area (Å²) < 4.78 is 10.9. The molecule has 0 unspecified atom stereocenters. The van der Waals surface area contributed by atoms with Gasteiger partial charge >= 0.3 is 5.97 Å². The summed E-state index contributed by atoms with van der Waals surface area (Å²) in [6, 6.07) is 12.0. The number of halogens is 1. The standard InChI is InChI=1S/C17H15BrN2O4/c1-11(21)24-15-8-7-12(9-16(15)23-2)10-19-20-17(22)13-5-3-4-6-14(13)18/h3-10H,1-2H3,(H,20,22)/b19-10+. The third-order valence-corrected chi connectivity index (χ3v) is 3.63. The Kier molecular flexibility index (Phi) is 6.08. The lowest BCUT2D eigenvalue weighted by atomic mass is 10.2. The zero-order chi connectivity index (χ0) is 17.5. The molecule has 0 aliphatic rings. The fraction of sp³-hybridized carbons (Fsp3) is 0.118. The van der Waals surface area contributed by atoms with E-state index < -0.39 is 5.97 Å². The number of esters is 1. The molecule has 0 spiro atoms. The van der Waals surface area contributed by atoms with Gasteiger partial charge < -0.3 is 9.47 Å². The van der Waals surface area contributed by atoms with Gasteiger partial charge in [0.25, 0.3) is 5.91 Å². The number of benzene rings is 2. The van der Waals surface area contributed by atoms with E-state index in [0.29, 0.717) is 27.1 Å². The molecule has 0 heterocycles. The van der Waals surface area contributed by atoms with Crippen molar-refractivity contribution in [1.29, 1.82) is 0 Å². The minimum absolute atomic E-state index is 0.319. The topological polar surface area (TPSA) is 77.0 Å². The maximum absolute atomic E-state index is 12.0. The van der Waals surface area contributed by atoms with Crippen LogP contribution in [0.25, 0.3) is 0 Å². The highest BCUT2D eigenvalue weighted by molar-refractivity contribution is 9.10. The Balaban J connectivity index is 2.08. The van der Waals surface area contributed by atoms with Crippen molar-refractivity contribution < 1.29 is 19.1 Å². The van der Waals surface area contributed by atoms with Crippen molar-refractivity contribution in [3.63, 3.8) is 0 Å². The summed E-state index contributed by atoms with van der Waals surface area (Å²) in [5, 5.41) is 3.92. The first-order chi connectivity index (χ1) is 11.5. The number of nitrogens with one attached hydrogen (secondary N) is 1. The van der Waals surface area contributed by atoms with Crippen LogP contribution in [0.5, 0.6) is 11.5 Å². The summed E-state index contributed by atoms with van der Waals surface area (Å²) in [6.07, 6.45) is 1.47. The van der Waals surface area contributed by atoms with Gasteiger partial charge in [-0.2, -0.15) is 5.10 Å². The van der Waals surface area contributed by atoms with Crippen LogP contribution in [0.4, 0.5) is 0 Å². The van der Waals surface area contributed by atoms with E-state index in [1.165, 1.54) is 20.2 Å². The van der Waals surface area contributed by atoms with Gasteiger partial charge in [-0.1, -0.05) is 12.1 Å². The number of hydrogen-bond acceptors (Lipinski definition) is 5. The molecular weight excluding hydrogens is 376 g/mol. The highest BCUT2D eigenvalue weighted by Gasteiger charge is 2.09. The number of ether oxygens (including phenoxy) is 2. The molecule has 24 heavy (non-hydrogen) atoms. The monoisotopic (exact) mass is 390 g/mol. The average molecular weight is 391 g/mol. The van der Waals surface area contributed by atoms with Crippen LogP contribution in [0.2, 0.25) is 0 Å². The zero-order valence-electron chi connectivity index (χ0n) is 13.1. The number of methoxy groups -OCH3 is 1. The largest absolute Gasteiger partial charge is 0.493 e. The van der Waals surface area contributed by atoms with Crippen LogP contribution in [0.15, 0.2) is 52.0 Å². The van der Waals surface area contributed by atoms with Crippen molar-refractivity contribution >= 4 is 34.0 Å². The van der Waals surface area contributed by atoms with Crippen molar-refractivity contribution in [2.24, 2.45) is 5.10 Å². The van der Waals surface area contributed by atoms with E-state index >= 15 is 0 Å². The minimum Gasteiger partial charge on any atom is -0.493 e. The molecule has 1 N–H and O–H groups in total. The fourth-order valence-electron chi connectivity index (χ4n) is 1.87. The van der Waals surface area contributed by atoms with Gasteiger partial charge in [0.05, 0.1) is 18.9 Å². The van der Waals surface area contributed by atoms with Crippen LogP contribution in [-0.4, -0.2) is 25.2 Å². The second-order valence-corrected chi connectivity index (χ2v) is 5.54. The molecule has 0 saturated heterocycles. The molecule has 0 atom stereocenters. The van der Waals surface area contributed by atoms with Gasteiger partial charge in [-0.3, -0.25) is 9.59 Å². The highest BCUT2D eigenvalue weighted by atomic mass is 79.9. The SMILES string of the molecule is COc1cc(/C=N/NC(=O)c2ccccc2Br)ccc1OC(C)=O. The normalized spacial score (nSPS) is 10.5. The van der Waals surface area contributed by atoms with E-state index in [2.05, 4.69) is 26.5 Å². The van der Waals surface area contributed by atoms with Crippen molar-refractivity contribution in [3.8, 4) is 11.5 Å². The zero-order valence-corrected chi connectivity index (χ0v) is 14.7. The highest BCUT2D eigenvalue weighted by Crippen LogP contribution is 2.27. The van der Waals surface area contributed by atoms with Crippen LogP contribution in [0, 0.1) is 0 Å². The smallest absolute Gasteiger partial charge is 0.308 e. The van der Waals surface area contributed by atoms with Crippen molar-refractivity contribution in [2.75, 3.05) is 7.11 Å². The van der Waals surface area contributed by atoms with E-state index in [0.717, 1.165) is 0 Å². The van der Waals surface area contributed by atoms with Crippen LogP contribution in [-0.2, 0) is 4.79 Å². The van der Waals surface area contributed by atoms with E-state index in [-0.39, 0.29) is 5.91 Å². The van der Waals surface area contributed by atoms with E-state index in [9.17, 15) is 9.59 Å². The van der Waals surface area contributed by atoms with E-state index in [4.69, 9.17) is 9.47 Å². The summed E-state index contributed by atoms with van der Waals surface area (Å²) in [4.78, 5) is 23.0. The lowest BCUT2D eigenvalue weighted by Gasteiger charge is -2.08. The van der Waals surface area contributed by atoms with Crippen molar-refractivity contribution in [3.05, 3.63) is 58.1 Å². The number of amides is 1. The Morgan fingerprint density at radius 1 is 1.17 bits per heavy atom. The lowest BCUT2D eigenvalue weighted by Crippen LogP contribution is -2.18. The molecule has 0 aromatic heterocycles. The minimum atomic E-state index is -0.435. The summed E-state index contributed by atoms with van der Waals surface area (Å²) in [7, 11) is 1.47. The summed E-state index contributed by atoms with van der Waals surface area (Å²) in [6.45, 7) is 1.31. The number of carbonyl (C=O) groups excluding carboxylic acids is 2. The second kappa shape index (κ2) is 8.26. The average Bonchev–Trinajstić information content (AvgIpc) is 2.56. The Hall–Kier alpha value is -2.67. The van der Waals surface area contributed by atoms with E-state index in [1.807, 2.05) is 6.07 Å². The third-order valence-electron chi connectivity index (χ3n) is 2.94. The van der Waals surface area contributed by atoms with E-state index in [1.54, 1.807) is 36.4 Å². The van der Waals surface area contributed by atoms with Crippen LogP contribution in [0.1, 0.15) is 22.8 Å². The third kappa shape index (κ3) is 4.66. The number of nitrogens with zero attached hydrogens (tertiary/aromatic N) is 1. The molecule has 0 radical (unpaired) electrons. The van der Waals surface area contributed by atoms with Crippen LogP contribution < -0.4 is 14.9 Å². The molecule has 0 bridgehead atoms. The molecule has 1 amide bonds. The molecule has 6 nitrogen and oxygen atoms in total. The molecule has 124 valence electrons. The number of rotatable bonds is 5. The molecule has 2 aromatic carbocycles. The Morgan fingerprint density at radius 2 is 1.92 bits per heavy atom.